The van der Waals surface area contributed by atoms with Gasteiger partial charge in [0.05, 0.1) is 79.3 Å². The normalized spacial score (nSPS) is 45.2. The molecule has 16 saturated carbocycles. The Balaban J connectivity index is 0.000000114. The standard InChI is InChI=1S/2C30H44N4O2.C30H47N3O2.C26H37N3O2/c1-29(36)10-8-23-20(15-29)6-7-25-24(23)9-11-30(2)26(27(35)19-34-18-22(31-3)16-32-34)14-21(28(25)30)17-33-12-4-5-13-33;1-29(36)10-7-23-20(16-29)5-6-25-24(23)8-11-30(2)26(27(35)19-34-14-9-22(17-31)32-34)15-21(28(25)30)18-33-12-3-4-13-33;1-20-16-31-33(17-20)19-27(34)26-14-22(18-32-12-4-5-13-32)28-25-7-6-21-15-29(2,35)10-8-23(21)24(25)9-11-30(26,28)3;1-16-10-22(23(30)15-29-14-17(12-27)13-28-29)26(3)9-7-20-19-6-8-25(2,31)11-18(19)4-5-21(20)24(16)26/h16,18,20-21,23-26,28,36H,4-15,17,19H2,1-2H3;9,14,20-21,23-26,28,36H,3-8,10-13,15-16,18-19H2,1-2H3;16-17,21-26,28,35H,4-15,18-19H2,1-3H3;13-14,16,18-22,24,31H,4-11,15H2,1-3H3/t2*20-,21+,23+,24-,25-,26-,28+,29-,30-;21-,22+,23+,24-,25-,26-,28+,29-,30-;16-,18-,19+,20-,21-,22-,24+,25-,26-/m1111/s1. The van der Waals surface area contributed by atoms with Gasteiger partial charge in [0.1, 0.15) is 12.1 Å². The van der Waals surface area contributed by atoms with E-state index in [0.29, 0.717) is 131 Å². The fourth-order valence-corrected chi connectivity index (χ4v) is 39.3. The fraction of sp³-hybridized carbons (Fsp3) is 0.836. The van der Waals surface area contributed by atoms with Gasteiger partial charge in [-0.15, -0.1) is 0 Å². The average molecular weight is 1890 g/mol. The second-order valence-electron chi connectivity index (χ2n) is 53.1. The molecule has 4 N–H and O–H groups in total. The van der Waals surface area contributed by atoms with Crippen molar-refractivity contribution < 1.29 is 39.6 Å². The van der Waals surface area contributed by atoms with E-state index >= 15 is 0 Å². The summed E-state index contributed by atoms with van der Waals surface area (Å²) in [7, 11) is 0. The second kappa shape index (κ2) is 39.2. The summed E-state index contributed by atoms with van der Waals surface area (Å²) >= 11 is 0. The van der Waals surface area contributed by atoms with Gasteiger partial charge in [-0.05, 0) is 493 Å². The summed E-state index contributed by atoms with van der Waals surface area (Å²) < 4.78 is 6.88. The SMILES string of the molecule is C[C@@H]1C[C@H](C(=O)Cn2cc(C#N)cn2)[C@@]2(C)CC[C@H]3[C@@H](CC[C@@H]4C[C@](C)(O)CC[C@@H]43)[C@H]12.C[C@@]1(O)CC[C@H]2[C@H](CC[C@@H]3[C@@H]2CC[C@@]2(C)[C@H]3[C@H](CN3CCCC3)C[C@@H]2C(=O)Cn2ccc(C#N)n2)C1.Cc1cnn(CC(=O)[C@H]2C[C@@H](CN3CCCC3)[C@H]3[C@@H]4CC[C@@H]5C[C@](C)(O)CC[C@@H]5[C@H]4CC[C@@]32C)c1.[C-]#[N+]c1cnn(CC(=O)[C@H]2C[C@@H](CN3CCCC3)[C@H]3[C@@H]4CC[C@@H]5C[C@](C)(O)CC[C@@H]5[C@H]4CC[C@@]32C)c1. The van der Waals surface area contributed by atoms with E-state index in [1.165, 1.54) is 200 Å². The molecule has 16 aliphatic carbocycles. The number of aromatic nitrogens is 8. The zero-order valence-electron chi connectivity index (χ0n) is 86.0. The summed E-state index contributed by atoms with van der Waals surface area (Å²) in [6.07, 6.45) is 56.7. The van der Waals surface area contributed by atoms with Crippen molar-refractivity contribution in [2.75, 3.05) is 58.9 Å². The Morgan fingerprint density at radius 2 is 0.710 bits per heavy atom. The summed E-state index contributed by atoms with van der Waals surface area (Å²) in [5.41, 5.74) is 1.05. The summed E-state index contributed by atoms with van der Waals surface area (Å²) in [4.78, 5) is 66.4. The van der Waals surface area contributed by atoms with E-state index in [0.717, 1.165) is 179 Å². The minimum atomic E-state index is -0.474. The van der Waals surface area contributed by atoms with Gasteiger partial charge in [0, 0.05) is 68.1 Å². The van der Waals surface area contributed by atoms with Gasteiger partial charge >= 0.3 is 0 Å². The van der Waals surface area contributed by atoms with Gasteiger partial charge in [-0.3, -0.25) is 37.9 Å². The first-order valence-electron chi connectivity index (χ1n) is 56.4. The molecule has 3 saturated heterocycles. The predicted octanol–water partition coefficient (Wildman–Crippen LogP) is 19.7. The number of likely N-dealkylation sites (tertiary alicyclic amines) is 3. The molecule has 0 bridgehead atoms. The van der Waals surface area contributed by atoms with Crippen molar-refractivity contribution >= 4 is 28.8 Å². The number of hydrogen-bond donors (Lipinski definition) is 4. The monoisotopic (exact) mass is 1890 g/mol. The number of aliphatic hydroxyl groups is 4. The molecule has 7 heterocycles. The lowest BCUT2D eigenvalue weighted by Gasteiger charge is -2.57. The van der Waals surface area contributed by atoms with Gasteiger partial charge in [0.25, 0.3) is 0 Å². The van der Waals surface area contributed by atoms with Crippen LogP contribution >= 0.6 is 0 Å². The van der Waals surface area contributed by atoms with Gasteiger partial charge in [-0.1, -0.05) is 34.6 Å². The molecule has 19 aliphatic rings. The third-order valence-electron chi connectivity index (χ3n) is 44.6. The van der Waals surface area contributed by atoms with Crippen LogP contribution < -0.4 is 0 Å². The van der Waals surface area contributed by atoms with Crippen LogP contribution in [0.15, 0.2) is 49.4 Å². The lowest BCUT2D eigenvalue weighted by Crippen LogP contribution is -2.52. The van der Waals surface area contributed by atoms with Crippen LogP contribution in [-0.2, 0) is 45.4 Å². The molecule has 0 spiro atoms. The lowest BCUT2D eigenvalue weighted by atomic mass is 9.48. The third kappa shape index (κ3) is 19.4. The number of nitriles is 2. The Kier molecular flexibility index (Phi) is 28.2. The van der Waals surface area contributed by atoms with Crippen LogP contribution in [0.25, 0.3) is 4.85 Å². The van der Waals surface area contributed by atoms with E-state index in [1.807, 2.05) is 37.8 Å². The Hall–Kier alpha value is -6.29. The lowest BCUT2D eigenvalue weighted by molar-refractivity contribution is -0.134. The first-order chi connectivity index (χ1) is 66.0. The van der Waals surface area contributed by atoms with E-state index in [-0.39, 0.29) is 51.9 Å². The number of aryl methyl sites for hydroxylation is 1. The molecule has 0 radical (unpaired) electrons. The van der Waals surface area contributed by atoms with Crippen LogP contribution in [-0.4, -0.2) is 179 Å². The maximum absolute atomic E-state index is 13.8. The number of nitrogens with zero attached hydrogens (tertiary/aromatic N) is 14. The maximum atomic E-state index is 13.8. The highest BCUT2D eigenvalue weighted by molar-refractivity contribution is 5.84. The van der Waals surface area contributed by atoms with E-state index in [9.17, 15) is 39.6 Å². The number of rotatable bonds is 18. The molecule has 36 atom stereocenters. The van der Waals surface area contributed by atoms with Crippen LogP contribution in [0.1, 0.15) is 323 Å². The number of Topliss-reactive ketones (excluding diaryl/α,β-unsaturated/α-hetero) is 4. The van der Waals surface area contributed by atoms with Crippen molar-refractivity contribution in [2.45, 2.75) is 362 Å². The minimum absolute atomic E-state index is 0.0703. The van der Waals surface area contributed by atoms with E-state index in [1.54, 1.807) is 51.1 Å². The highest BCUT2D eigenvalue weighted by Gasteiger charge is 2.68. The largest absolute Gasteiger partial charge is 0.390 e. The summed E-state index contributed by atoms with van der Waals surface area (Å²) in [6.45, 7) is 41.9. The zero-order chi connectivity index (χ0) is 96.5. The Morgan fingerprint density at radius 1 is 0.391 bits per heavy atom. The van der Waals surface area contributed by atoms with E-state index < -0.39 is 22.4 Å². The highest BCUT2D eigenvalue weighted by atomic mass is 16.3. The van der Waals surface area contributed by atoms with Gasteiger partial charge in [-0.2, -0.15) is 30.9 Å². The Labute approximate surface area is 825 Å². The predicted molar refractivity (Wildman–Crippen MR) is 532 cm³/mol. The summed E-state index contributed by atoms with van der Waals surface area (Å²) in [5.74, 6) is 18.9. The molecule has 4 aromatic rings. The molecule has 754 valence electrons. The number of ketones is 4. The molecule has 22 nitrogen and oxygen atoms in total. The summed E-state index contributed by atoms with van der Waals surface area (Å²) in [6, 6.07) is 5.89. The Morgan fingerprint density at radius 3 is 1.04 bits per heavy atom. The molecular formula is C116H172N14O8. The molecule has 19 fully saturated rings. The molecule has 3 aliphatic heterocycles. The number of hydrogen-bond acceptors (Lipinski definition) is 17. The van der Waals surface area contributed by atoms with Crippen molar-refractivity contribution in [1.82, 2.24) is 53.8 Å². The van der Waals surface area contributed by atoms with Gasteiger partial charge < -0.3 is 35.1 Å². The van der Waals surface area contributed by atoms with Crippen LogP contribution in [0.5, 0.6) is 0 Å². The minimum Gasteiger partial charge on any atom is -0.390 e. The molecule has 138 heavy (non-hydrogen) atoms. The van der Waals surface area contributed by atoms with E-state index in [2.05, 4.69) is 101 Å². The average Bonchev–Trinajstić information content (AvgIpc) is 1.52. The molecule has 23 rings (SSSR count). The van der Waals surface area contributed by atoms with Crippen LogP contribution in [0.4, 0.5) is 5.69 Å². The smallest absolute Gasteiger partial charge is 0.224 e. The topological polar surface area (TPSA) is 282 Å². The van der Waals surface area contributed by atoms with Gasteiger partial charge in [-0.25, -0.2) is 4.85 Å². The van der Waals surface area contributed by atoms with E-state index in [4.69, 9.17) is 17.1 Å². The number of fused-ring (bicyclic) bond motifs is 20. The Bertz CT molecular complexity index is 4950. The van der Waals surface area contributed by atoms with Crippen LogP contribution in [0.3, 0.4) is 0 Å². The highest BCUT2D eigenvalue weighted by Crippen LogP contribution is 2.72. The van der Waals surface area contributed by atoms with Crippen LogP contribution in [0.2, 0.25) is 0 Å². The van der Waals surface area contributed by atoms with Crippen LogP contribution in [0, 0.1) is 224 Å². The second-order valence-corrected chi connectivity index (χ2v) is 53.1. The number of carbonyl (C=O) groups is 4. The number of carbonyl (C=O) groups excluding carboxylic acids is 4. The molecule has 0 unspecified atom stereocenters. The van der Waals surface area contributed by atoms with Gasteiger partial charge in [0.15, 0.2) is 28.8 Å². The maximum Gasteiger partial charge on any atom is 0.224 e. The van der Waals surface area contributed by atoms with Crippen molar-refractivity contribution in [2.24, 2.45) is 187 Å². The first-order valence-corrected chi connectivity index (χ1v) is 56.4. The van der Waals surface area contributed by atoms with Crippen molar-refractivity contribution in [1.29, 1.82) is 10.5 Å². The van der Waals surface area contributed by atoms with Gasteiger partial charge in [0.2, 0.25) is 5.69 Å². The molecule has 0 aromatic carbocycles. The summed E-state index contributed by atoms with van der Waals surface area (Å²) in [5, 5.41) is 78.4. The first kappa shape index (κ1) is 99.1. The van der Waals surface area contributed by atoms with Crippen molar-refractivity contribution in [3.63, 3.8) is 0 Å². The van der Waals surface area contributed by atoms with Crippen molar-refractivity contribution in [3.8, 4) is 12.1 Å². The molecule has 0 amide bonds. The molecular weight excluding hydrogens is 1720 g/mol. The van der Waals surface area contributed by atoms with Crippen molar-refractivity contribution in [3.05, 3.63) is 77.7 Å². The molecule has 22 heteroatoms. The quantitative estimate of drug-likeness (QED) is 0.0674. The third-order valence-corrected chi connectivity index (χ3v) is 44.6. The molecule has 4 aromatic heterocycles. The fourth-order valence-electron chi connectivity index (χ4n) is 39.3. The zero-order valence-corrected chi connectivity index (χ0v) is 86.0.